The molecule has 1 rings (SSSR count). The molecule has 0 heterocycles. The lowest BCUT2D eigenvalue weighted by Crippen LogP contribution is -2.09. The molecule has 0 atom stereocenters. The second kappa shape index (κ2) is 5.90. The van der Waals surface area contributed by atoms with E-state index in [4.69, 9.17) is 16.3 Å². The molecule has 0 radical (unpaired) electrons. The van der Waals surface area contributed by atoms with Crippen LogP contribution in [0.3, 0.4) is 0 Å². The smallest absolute Gasteiger partial charge is 0.310 e. The number of carbonyl (C=O) groups is 1. The highest BCUT2D eigenvalue weighted by atomic mass is 35.5. The van der Waals surface area contributed by atoms with E-state index < -0.39 is 0 Å². The van der Waals surface area contributed by atoms with E-state index in [9.17, 15) is 4.79 Å². The fraction of sp³-hybridized carbons (Fsp3) is 0.462. The molecule has 3 heteroatoms. The van der Waals surface area contributed by atoms with Crippen LogP contribution < -0.4 is 0 Å². The van der Waals surface area contributed by atoms with Crippen LogP contribution in [0.5, 0.6) is 0 Å². The van der Waals surface area contributed by atoms with E-state index in [1.807, 2.05) is 26.8 Å². The predicted octanol–water partition coefficient (Wildman–Crippen LogP) is 3.15. The van der Waals surface area contributed by atoms with Crippen molar-refractivity contribution in [1.82, 2.24) is 0 Å². The lowest BCUT2D eigenvalue weighted by atomic mass is 9.99. The number of rotatable bonds is 4. The number of hydrogen-bond donors (Lipinski definition) is 0. The topological polar surface area (TPSA) is 26.3 Å². The molecule has 0 aliphatic rings. The second-order valence-electron chi connectivity index (χ2n) is 3.82. The molecule has 88 valence electrons. The molecule has 0 amide bonds. The zero-order chi connectivity index (χ0) is 12.1. The second-order valence-corrected chi connectivity index (χ2v) is 4.09. The Balaban J connectivity index is 2.91. The normalized spacial score (nSPS) is 10.2. The maximum absolute atomic E-state index is 11.4. The summed E-state index contributed by atoms with van der Waals surface area (Å²) in [6.45, 7) is 6.26. The fourth-order valence-corrected chi connectivity index (χ4v) is 1.94. The Bertz CT molecular complexity index is 386. The molecule has 1 aromatic rings. The minimum atomic E-state index is -0.185. The number of halogens is 1. The predicted molar refractivity (Wildman–Crippen MR) is 65.8 cm³/mol. The first-order valence-corrected chi connectivity index (χ1v) is 5.92. The molecule has 0 aliphatic carbocycles. The van der Waals surface area contributed by atoms with E-state index in [0.717, 1.165) is 16.7 Å². The third-order valence-electron chi connectivity index (χ3n) is 2.58. The Hall–Kier alpha value is -1.02. The highest BCUT2D eigenvalue weighted by Crippen LogP contribution is 2.18. The van der Waals surface area contributed by atoms with Gasteiger partial charge in [0.1, 0.15) is 0 Å². The van der Waals surface area contributed by atoms with Gasteiger partial charge in [-0.1, -0.05) is 12.1 Å². The van der Waals surface area contributed by atoms with Crippen LogP contribution in [0.1, 0.15) is 29.2 Å². The quantitative estimate of drug-likeness (QED) is 0.597. The van der Waals surface area contributed by atoms with Crippen LogP contribution in [0.25, 0.3) is 0 Å². The van der Waals surface area contributed by atoms with Crippen molar-refractivity contribution in [3.8, 4) is 0 Å². The summed E-state index contributed by atoms with van der Waals surface area (Å²) in [7, 11) is 0. The molecule has 0 bridgehead atoms. The number of esters is 1. The van der Waals surface area contributed by atoms with Crippen molar-refractivity contribution in [2.24, 2.45) is 0 Å². The molecule has 0 saturated carbocycles. The van der Waals surface area contributed by atoms with Crippen LogP contribution in [0.2, 0.25) is 0 Å². The van der Waals surface area contributed by atoms with Crippen LogP contribution >= 0.6 is 11.6 Å². The number of benzene rings is 1. The Morgan fingerprint density at radius 2 is 1.88 bits per heavy atom. The fourth-order valence-electron chi connectivity index (χ4n) is 1.65. The van der Waals surface area contributed by atoms with Crippen LogP contribution in [0.4, 0.5) is 0 Å². The van der Waals surface area contributed by atoms with Gasteiger partial charge in [-0.2, -0.15) is 0 Å². The third-order valence-corrected chi connectivity index (χ3v) is 2.87. The van der Waals surface area contributed by atoms with Crippen LogP contribution in [0, 0.1) is 13.8 Å². The summed E-state index contributed by atoms with van der Waals surface area (Å²) < 4.78 is 4.93. The number of alkyl halides is 1. The van der Waals surface area contributed by atoms with Gasteiger partial charge >= 0.3 is 5.97 Å². The molecule has 0 saturated heterocycles. The van der Waals surface area contributed by atoms with Crippen molar-refractivity contribution in [1.29, 1.82) is 0 Å². The van der Waals surface area contributed by atoms with Gasteiger partial charge in [0.25, 0.3) is 0 Å². The molecule has 1 aromatic carbocycles. The van der Waals surface area contributed by atoms with E-state index in [1.165, 1.54) is 5.56 Å². The van der Waals surface area contributed by atoms with E-state index in [2.05, 4.69) is 6.07 Å². The summed E-state index contributed by atoms with van der Waals surface area (Å²) >= 11 is 5.84. The minimum absolute atomic E-state index is 0.185. The van der Waals surface area contributed by atoms with Crippen LogP contribution in [0.15, 0.2) is 12.1 Å². The zero-order valence-electron chi connectivity index (χ0n) is 9.97. The first-order chi connectivity index (χ1) is 7.58. The SMILES string of the molecule is CCOC(=O)Cc1cc(CCl)c(C)cc1C. The van der Waals surface area contributed by atoms with Gasteiger partial charge in [-0.3, -0.25) is 4.79 Å². The van der Waals surface area contributed by atoms with Crippen molar-refractivity contribution < 1.29 is 9.53 Å². The molecule has 16 heavy (non-hydrogen) atoms. The van der Waals surface area contributed by atoms with Gasteiger partial charge in [0.05, 0.1) is 13.0 Å². The number of hydrogen-bond acceptors (Lipinski definition) is 2. The molecule has 2 nitrogen and oxygen atoms in total. The average Bonchev–Trinajstić information content (AvgIpc) is 2.22. The van der Waals surface area contributed by atoms with Crippen molar-refractivity contribution in [2.75, 3.05) is 6.61 Å². The molecule has 0 aromatic heterocycles. The Morgan fingerprint density at radius 1 is 1.25 bits per heavy atom. The van der Waals surface area contributed by atoms with Crippen molar-refractivity contribution in [3.63, 3.8) is 0 Å². The lowest BCUT2D eigenvalue weighted by Gasteiger charge is -2.10. The van der Waals surface area contributed by atoms with Gasteiger partial charge in [0.15, 0.2) is 0 Å². The van der Waals surface area contributed by atoms with Gasteiger partial charge in [-0.05, 0) is 43.0 Å². The van der Waals surface area contributed by atoms with Gasteiger partial charge in [-0.25, -0.2) is 0 Å². The van der Waals surface area contributed by atoms with Gasteiger partial charge in [0, 0.05) is 5.88 Å². The first-order valence-electron chi connectivity index (χ1n) is 5.39. The van der Waals surface area contributed by atoms with E-state index in [0.29, 0.717) is 18.9 Å². The van der Waals surface area contributed by atoms with Crippen LogP contribution in [-0.2, 0) is 21.8 Å². The highest BCUT2D eigenvalue weighted by Gasteiger charge is 2.09. The number of ether oxygens (including phenoxy) is 1. The summed E-state index contributed by atoms with van der Waals surface area (Å²) in [4.78, 5) is 11.4. The van der Waals surface area contributed by atoms with E-state index in [1.54, 1.807) is 0 Å². The van der Waals surface area contributed by atoms with Crippen molar-refractivity contribution in [3.05, 3.63) is 34.4 Å². The van der Waals surface area contributed by atoms with Gasteiger partial charge in [0.2, 0.25) is 0 Å². The van der Waals surface area contributed by atoms with Gasteiger partial charge < -0.3 is 4.74 Å². The van der Waals surface area contributed by atoms with E-state index in [-0.39, 0.29) is 5.97 Å². The minimum Gasteiger partial charge on any atom is -0.466 e. The molecule has 0 unspecified atom stereocenters. The maximum atomic E-state index is 11.4. The largest absolute Gasteiger partial charge is 0.466 e. The summed E-state index contributed by atoms with van der Waals surface area (Å²) in [6.07, 6.45) is 0.323. The Morgan fingerprint density at radius 3 is 2.44 bits per heavy atom. The molecule has 0 N–H and O–H groups in total. The lowest BCUT2D eigenvalue weighted by molar-refractivity contribution is -0.142. The zero-order valence-corrected chi connectivity index (χ0v) is 10.7. The number of carbonyl (C=O) groups excluding carboxylic acids is 1. The average molecular weight is 241 g/mol. The maximum Gasteiger partial charge on any atom is 0.310 e. The summed E-state index contributed by atoms with van der Waals surface area (Å²) in [6, 6.07) is 4.06. The van der Waals surface area contributed by atoms with Crippen LogP contribution in [-0.4, -0.2) is 12.6 Å². The molecule has 0 spiro atoms. The van der Waals surface area contributed by atoms with E-state index >= 15 is 0 Å². The monoisotopic (exact) mass is 240 g/mol. The van der Waals surface area contributed by atoms with Crippen molar-refractivity contribution in [2.45, 2.75) is 33.1 Å². The summed E-state index contributed by atoms with van der Waals surface area (Å²) in [5.74, 6) is 0.289. The molecular weight excluding hydrogens is 224 g/mol. The Kier molecular flexibility index (Phi) is 4.81. The van der Waals surface area contributed by atoms with Crippen molar-refractivity contribution >= 4 is 17.6 Å². The summed E-state index contributed by atoms with van der Waals surface area (Å²) in [5, 5.41) is 0. The van der Waals surface area contributed by atoms with Gasteiger partial charge in [-0.15, -0.1) is 11.6 Å². The first kappa shape index (κ1) is 13.0. The molecule has 0 aliphatic heterocycles. The summed E-state index contributed by atoms with van der Waals surface area (Å²) in [5.41, 5.74) is 4.35. The third kappa shape index (κ3) is 3.24. The molecular formula is C13H17ClO2. The standard InChI is InChI=1S/C13H17ClO2/c1-4-16-13(15)7-11-6-12(8-14)10(3)5-9(11)2/h5-6H,4,7-8H2,1-3H3. The number of aryl methyl sites for hydroxylation is 2. The highest BCUT2D eigenvalue weighted by molar-refractivity contribution is 6.17. The Labute approximate surface area is 102 Å². The molecule has 0 fully saturated rings.